The first-order valence-corrected chi connectivity index (χ1v) is 12.8. The van der Waals surface area contributed by atoms with Crippen LogP contribution in [0.2, 0.25) is 0 Å². The van der Waals surface area contributed by atoms with Crippen LogP contribution in [0.3, 0.4) is 0 Å². The van der Waals surface area contributed by atoms with E-state index in [1.807, 2.05) is 24.0 Å². The molecule has 1 saturated heterocycles. The number of aryl methyl sites for hydroxylation is 1. The third-order valence-electron chi connectivity index (χ3n) is 7.36. The molecule has 0 bridgehead atoms. The van der Waals surface area contributed by atoms with Crippen LogP contribution in [0.25, 0.3) is 11.0 Å². The second-order valence-corrected chi connectivity index (χ2v) is 9.51. The van der Waals surface area contributed by atoms with Crippen LogP contribution < -0.4 is 15.1 Å². The molecule has 5 rings (SSSR count). The molecule has 0 N–H and O–H groups in total. The van der Waals surface area contributed by atoms with Gasteiger partial charge in [0.05, 0.1) is 37.6 Å². The first kappa shape index (κ1) is 25.5. The number of ether oxygens (including phenoxy) is 2. The Hall–Kier alpha value is -4.10. The molecule has 0 unspecified atom stereocenters. The molecule has 0 radical (unpaired) electrons. The van der Waals surface area contributed by atoms with Gasteiger partial charge >= 0.3 is 5.63 Å². The van der Waals surface area contributed by atoms with E-state index < -0.39 is 5.63 Å². The van der Waals surface area contributed by atoms with Crippen molar-refractivity contribution in [3.8, 4) is 11.5 Å². The molecule has 1 aliphatic heterocycles. The van der Waals surface area contributed by atoms with Gasteiger partial charge in [0.25, 0.3) is 0 Å². The smallest absolute Gasteiger partial charge is 0.340 e. The van der Waals surface area contributed by atoms with Crippen molar-refractivity contribution in [2.45, 2.75) is 19.4 Å². The Bertz CT molecular complexity index is 1440. The monoisotopic (exact) mass is 512 g/mol. The van der Waals surface area contributed by atoms with Gasteiger partial charge in [-0.2, -0.15) is 0 Å². The maximum atomic E-state index is 13.4. The number of hydrogen-bond acceptors (Lipinski definition) is 6. The van der Waals surface area contributed by atoms with Gasteiger partial charge in [0.1, 0.15) is 17.1 Å². The predicted octanol–water partition coefficient (Wildman–Crippen LogP) is 4.59. The molecule has 7 nitrogen and oxygen atoms in total. The van der Waals surface area contributed by atoms with E-state index in [0.29, 0.717) is 46.7 Å². The molecule has 38 heavy (non-hydrogen) atoms. The normalized spacial score (nSPS) is 14.2. The Morgan fingerprint density at radius 1 is 0.895 bits per heavy atom. The number of methoxy groups -OCH3 is 2. The van der Waals surface area contributed by atoms with E-state index in [4.69, 9.17) is 13.9 Å². The van der Waals surface area contributed by atoms with Crippen LogP contribution in [0.4, 0.5) is 0 Å². The lowest BCUT2D eigenvalue weighted by Crippen LogP contribution is -2.50. The summed E-state index contributed by atoms with van der Waals surface area (Å²) in [5, 5.41) is 0.675. The summed E-state index contributed by atoms with van der Waals surface area (Å²) in [5.41, 5.74) is 3.38. The highest BCUT2D eigenvalue weighted by atomic mass is 16.5. The van der Waals surface area contributed by atoms with Crippen LogP contribution in [-0.2, 0) is 11.2 Å². The molecule has 1 fully saturated rings. The van der Waals surface area contributed by atoms with Crippen LogP contribution in [-0.4, -0.2) is 56.1 Å². The molecule has 0 aliphatic carbocycles. The lowest BCUT2D eigenvalue weighted by Gasteiger charge is -2.40. The zero-order valence-corrected chi connectivity index (χ0v) is 22.0. The molecular formula is C31H32N2O5. The molecular weight excluding hydrogens is 480 g/mol. The molecule has 1 aliphatic rings. The average molecular weight is 513 g/mol. The van der Waals surface area contributed by atoms with Crippen molar-refractivity contribution in [3.05, 3.63) is 105 Å². The summed E-state index contributed by atoms with van der Waals surface area (Å²) in [6.45, 7) is 4.48. The van der Waals surface area contributed by atoms with Gasteiger partial charge in [-0.05, 0) is 23.6 Å². The van der Waals surface area contributed by atoms with E-state index in [2.05, 4.69) is 53.4 Å². The maximum absolute atomic E-state index is 13.4. The van der Waals surface area contributed by atoms with Gasteiger partial charge in [-0.15, -0.1) is 0 Å². The summed E-state index contributed by atoms with van der Waals surface area (Å²) >= 11 is 0. The molecule has 2 heterocycles. The topological polar surface area (TPSA) is 72.2 Å². The van der Waals surface area contributed by atoms with Gasteiger partial charge in [-0.25, -0.2) is 4.79 Å². The molecule has 0 spiro atoms. The molecule has 4 aromatic rings. The van der Waals surface area contributed by atoms with Gasteiger partial charge in [0, 0.05) is 38.3 Å². The van der Waals surface area contributed by atoms with Crippen LogP contribution in [0.15, 0.2) is 82.0 Å². The molecule has 1 aromatic heterocycles. The van der Waals surface area contributed by atoms with Crippen molar-refractivity contribution in [2.75, 3.05) is 40.4 Å². The molecule has 1 amide bonds. The third kappa shape index (κ3) is 5.02. The minimum atomic E-state index is -0.509. The fourth-order valence-electron chi connectivity index (χ4n) is 5.34. The predicted molar refractivity (Wildman–Crippen MR) is 147 cm³/mol. The number of nitrogens with zero attached hydrogens (tertiary/aromatic N) is 2. The lowest BCUT2D eigenvalue weighted by molar-refractivity contribution is -0.132. The van der Waals surface area contributed by atoms with E-state index in [9.17, 15) is 9.59 Å². The summed E-state index contributed by atoms with van der Waals surface area (Å²) in [6.07, 6.45) is -0.0138. The minimum absolute atomic E-state index is 0.0138. The van der Waals surface area contributed by atoms with E-state index >= 15 is 0 Å². The quantitative estimate of drug-likeness (QED) is 0.337. The summed E-state index contributed by atoms with van der Waals surface area (Å²) in [4.78, 5) is 30.5. The first-order chi connectivity index (χ1) is 18.5. The Morgan fingerprint density at radius 3 is 2.05 bits per heavy atom. The van der Waals surface area contributed by atoms with Gasteiger partial charge in [-0.1, -0.05) is 60.7 Å². The second kappa shape index (κ2) is 11.1. The summed E-state index contributed by atoms with van der Waals surface area (Å²) < 4.78 is 16.4. The van der Waals surface area contributed by atoms with Gasteiger partial charge < -0.3 is 18.8 Å². The number of piperazine rings is 1. The summed E-state index contributed by atoms with van der Waals surface area (Å²) in [7, 11) is 3.10. The highest BCUT2D eigenvalue weighted by Crippen LogP contribution is 2.34. The van der Waals surface area contributed by atoms with Crippen molar-refractivity contribution in [1.29, 1.82) is 0 Å². The van der Waals surface area contributed by atoms with Crippen molar-refractivity contribution in [1.82, 2.24) is 9.80 Å². The molecule has 196 valence electrons. The Balaban J connectivity index is 1.34. The first-order valence-electron chi connectivity index (χ1n) is 12.8. The number of hydrogen-bond donors (Lipinski definition) is 0. The van der Waals surface area contributed by atoms with Gasteiger partial charge in [-0.3, -0.25) is 9.69 Å². The van der Waals surface area contributed by atoms with Crippen molar-refractivity contribution < 1.29 is 18.7 Å². The van der Waals surface area contributed by atoms with E-state index in [-0.39, 0.29) is 18.4 Å². The van der Waals surface area contributed by atoms with Gasteiger partial charge in [0.2, 0.25) is 5.91 Å². The number of carbonyl (C=O) groups excluding carboxylic acids is 1. The van der Waals surface area contributed by atoms with Gasteiger partial charge in [0.15, 0.2) is 0 Å². The van der Waals surface area contributed by atoms with E-state index in [1.54, 1.807) is 26.4 Å². The largest absolute Gasteiger partial charge is 0.496 e. The van der Waals surface area contributed by atoms with Crippen molar-refractivity contribution in [2.24, 2.45) is 0 Å². The number of carbonyl (C=O) groups is 1. The Morgan fingerprint density at radius 2 is 1.50 bits per heavy atom. The van der Waals surface area contributed by atoms with Crippen LogP contribution in [0.5, 0.6) is 11.5 Å². The Kier molecular flexibility index (Phi) is 7.47. The standard InChI is InChI=1S/C31H32N2O5/c1-21-25(31(35)38-27-19-24(36-2)18-26(37-3)29(21)27)20-28(34)32-14-16-33(17-15-32)30(22-10-6-4-7-11-22)23-12-8-5-9-13-23/h4-13,18-19,30H,14-17,20H2,1-3H3. The number of rotatable bonds is 7. The molecule has 3 aromatic carbocycles. The van der Waals surface area contributed by atoms with Crippen molar-refractivity contribution >= 4 is 16.9 Å². The fourth-order valence-corrected chi connectivity index (χ4v) is 5.34. The number of benzene rings is 3. The van der Waals surface area contributed by atoms with E-state index in [1.165, 1.54) is 11.1 Å². The van der Waals surface area contributed by atoms with Crippen LogP contribution in [0.1, 0.15) is 28.3 Å². The zero-order chi connectivity index (χ0) is 26.6. The highest BCUT2D eigenvalue weighted by Gasteiger charge is 2.29. The maximum Gasteiger partial charge on any atom is 0.340 e. The Labute approximate surface area is 222 Å². The van der Waals surface area contributed by atoms with E-state index in [0.717, 1.165) is 13.1 Å². The highest BCUT2D eigenvalue weighted by molar-refractivity contribution is 5.90. The number of fused-ring (bicyclic) bond motifs is 1. The summed E-state index contributed by atoms with van der Waals surface area (Å²) in [5.74, 6) is 0.988. The van der Waals surface area contributed by atoms with Crippen LogP contribution in [0, 0.1) is 6.92 Å². The molecule has 7 heteroatoms. The molecule has 0 saturated carbocycles. The minimum Gasteiger partial charge on any atom is -0.496 e. The van der Waals surface area contributed by atoms with Crippen LogP contribution >= 0.6 is 0 Å². The third-order valence-corrected chi connectivity index (χ3v) is 7.36. The fraction of sp³-hybridized carbons (Fsp3) is 0.290. The SMILES string of the molecule is COc1cc(OC)c2c(C)c(CC(=O)N3CCN(C(c4ccccc4)c4ccccc4)CC3)c(=O)oc2c1. The second-order valence-electron chi connectivity index (χ2n) is 9.51. The van der Waals surface area contributed by atoms with Crippen molar-refractivity contribution in [3.63, 3.8) is 0 Å². The molecule has 0 atom stereocenters. The summed E-state index contributed by atoms with van der Waals surface area (Å²) in [6, 6.07) is 24.4. The average Bonchev–Trinajstić information content (AvgIpc) is 2.96. The zero-order valence-electron chi connectivity index (χ0n) is 22.0. The lowest BCUT2D eigenvalue weighted by atomic mass is 9.96. The number of amides is 1.